The fraction of sp³-hybridized carbons (Fsp3) is 0.923. The molecule has 2 N–H and O–H groups in total. The molecule has 4 heteroatoms. The van der Waals surface area contributed by atoms with Crippen LogP contribution in [0.1, 0.15) is 38.5 Å². The summed E-state index contributed by atoms with van der Waals surface area (Å²) in [6, 6.07) is 0.0677. The first kappa shape index (κ1) is 12.8. The summed E-state index contributed by atoms with van der Waals surface area (Å²) in [5.74, 6) is 0.913. The highest BCUT2D eigenvalue weighted by molar-refractivity contribution is 5.82. The minimum absolute atomic E-state index is 0.0677. The molecule has 0 aromatic carbocycles. The lowest BCUT2D eigenvalue weighted by molar-refractivity contribution is -0.135. The molecular formula is C13H24N2O2. The van der Waals surface area contributed by atoms with E-state index in [1.165, 1.54) is 12.8 Å². The van der Waals surface area contributed by atoms with Gasteiger partial charge in [-0.3, -0.25) is 4.79 Å². The van der Waals surface area contributed by atoms with E-state index in [0.29, 0.717) is 11.8 Å². The van der Waals surface area contributed by atoms with Crippen LogP contribution in [0.15, 0.2) is 0 Å². The van der Waals surface area contributed by atoms with E-state index in [9.17, 15) is 4.79 Å². The Balaban J connectivity index is 1.77. The van der Waals surface area contributed by atoms with Crippen molar-refractivity contribution in [2.24, 2.45) is 5.92 Å². The van der Waals surface area contributed by atoms with E-state index in [2.05, 4.69) is 5.32 Å². The molecule has 98 valence electrons. The highest BCUT2D eigenvalue weighted by atomic mass is 16.3. The third kappa shape index (κ3) is 3.42. The summed E-state index contributed by atoms with van der Waals surface area (Å²) < 4.78 is 0. The van der Waals surface area contributed by atoms with Crippen LogP contribution in [0.4, 0.5) is 0 Å². The molecule has 0 radical (unpaired) electrons. The highest BCUT2D eigenvalue weighted by Crippen LogP contribution is 2.21. The zero-order valence-corrected chi connectivity index (χ0v) is 10.5. The van der Waals surface area contributed by atoms with Gasteiger partial charge in [-0.25, -0.2) is 0 Å². The smallest absolute Gasteiger partial charge is 0.239 e. The highest BCUT2D eigenvalue weighted by Gasteiger charge is 2.28. The van der Waals surface area contributed by atoms with Crippen LogP contribution >= 0.6 is 0 Å². The van der Waals surface area contributed by atoms with Gasteiger partial charge in [0.25, 0.3) is 0 Å². The van der Waals surface area contributed by atoms with Crippen molar-refractivity contribution in [3.8, 4) is 0 Å². The van der Waals surface area contributed by atoms with Gasteiger partial charge in [0.15, 0.2) is 0 Å². The van der Waals surface area contributed by atoms with E-state index in [-0.39, 0.29) is 12.6 Å². The van der Waals surface area contributed by atoms with Gasteiger partial charge in [-0.2, -0.15) is 0 Å². The number of likely N-dealkylation sites (tertiary alicyclic amines) is 1. The molecule has 2 saturated heterocycles. The second-order valence-electron chi connectivity index (χ2n) is 5.28. The second-order valence-corrected chi connectivity index (χ2v) is 5.28. The van der Waals surface area contributed by atoms with E-state index in [1.807, 2.05) is 4.90 Å². The number of rotatable bonds is 3. The van der Waals surface area contributed by atoms with Crippen LogP contribution in [-0.4, -0.2) is 48.2 Å². The lowest BCUT2D eigenvalue weighted by atomic mass is 9.93. The average Bonchev–Trinajstić information content (AvgIpc) is 2.40. The van der Waals surface area contributed by atoms with Gasteiger partial charge in [0.2, 0.25) is 5.91 Å². The maximum absolute atomic E-state index is 12.2. The van der Waals surface area contributed by atoms with Crippen LogP contribution in [0.5, 0.6) is 0 Å². The van der Waals surface area contributed by atoms with E-state index in [0.717, 1.165) is 45.3 Å². The lowest BCUT2D eigenvalue weighted by Crippen LogP contribution is -2.50. The summed E-state index contributed by atoms with van der Waals surface area (Å²) in [5.41, 5.74) is 0. The summed E-state index contributed by atoms with van der Waals surface area (Å²) in [4.78, 5) is 14.2. The van der Waals surface area contributed by atoms with Crippen LogP contribution in [0, 0.1) is 5.92 Å². The molecule has 0 unspecified atom stereocenters. The molecule has 2 rings (SSSR count). The molecule has 1 atom stereocenters. The Morgan fingerprint density at radius 2 is 2.00 bits per heavy atom. The van der Waals surface area contributed by atoms with E-state index in [4.69, 9.17) is 5.11 Å². The van der Waals surface area contributed by atoms with Gasteiger partial charge in [0.1, 0.15) is 0 Å². The maximum atomic E-state index is 12.2. The third-order valence-corrected chi connectivity index (χ3v) is 4.07. The molecule has 0 aromatic rings. The van der Waals surface area contributed by atoms with Gasteiger partial charge in [-0.15, -0.1) is 0 Å². The molecule has 0 aliphatic carbocycles. The first-order valence-corrected chi connectivity index (χ1v) is 6.94. The Morgan fingerprint density at radius 1 is 1.24 bits per heavy atom. The molecule has 4 nitrogen and oxygen atoms in total. The molecule has 0 saturated carbocycles. The van der Waals surface area contributed by atoms with Crippen molar-refractivity contribution >= 4 is 5.91 Å². The van der Waals surface area contributed by atoms with Gasteiger partial charge >= 0.3 is 0 Å². The molecule has 2 heterocycles. The third-order valence-electron chi connectivity index (χ3n) is 4.07. The summed E-state index contributed by atoms with van der Waals surface area (Å²) in [5, 5.41) is 12.2. The number of carbonyl (C=O) groups excluding carboxylic acids is 1. The first-order valence-electron chi connectivity index (χ1n) is 6.94. The number of amides is 1. The molecular weight excluding hydrogens is 216 g/mol. The number of piperidine rings is 2. The molecule has 2 aliphatic rings. The second kappa shape index (κ2) is 6.36. The summed E-state index contributed by atoms with van der Waals surface area (Å²) in [6.45, 7) is 3.02. The Morgan fingerprint density at radius 3 is 2.59 bits per heavy atom. The van der Waals surface area contributed by atoms with Crippen molar-refractivity contribution in [2.75, 3.05) is 26.2 Å². The lowest BCUT2D eigenvalue weighted by Gasteiger charge is -2.35. The van der Waals surface area contributed by atoms with Crippen LogP contribution in [0.25, 0.3) is 0 Å². The molecule has 0 bridgehead atoms. The van der Waals surface area contributed by atoms with Crippen LogP contribution in [0.3, 0.4) is 0 Å². The SMILES string of the molecule is O=C([C@@H]1CCCCN1)N1CCC(CCO)CC1. The van der Waals surface area contributed by atoms with Crippen molar-refractivity contribution in [2.45, 2.75) is 44.6 Å². The minimum Gasteiger partial charge on any atom is -0.396 e. The summed E-state index contributed by atoms with van der Waals surface area (Å²) >= 11 is 0. The van der Waals surface area contributed by atoms with Gasteiger partial charge in [0, 0.05) is 19.7 Å². The largest absolute Gasteiger partial charge is 0.396 e. The zero-order valence-electron chi connectivity index (χ0n) is 10.5. The van der Waals surface area contributed by atoms with E-state index < -0.39 is 0 Å². The van der Waals surface area contributed by atoms with Crippen molar-refractivity contribution < 1.29 is 9.90 Å². The minimum atomic E-state index is 0.0677. The van der Waals surface area contributed by atoms with Crippen molar-refractivity contribution in [1.82, 2.24) is 10.2 Å². The van der Waals surface area contributed by atoms with Gasteiger partial charge in [-0.1, -0.05) is 6.42 Å². The summed E-state index contributed by atoms with van der Waals surface area (Å²) in [6.07, 6.45) is 6.36. The van der Waals surface area contributed by atoms with Crippen LogP contribution < -0.4 is 5.32 Å². The van der Waals surface area contributed by atoms with E-state index in [1.54, 1.807) is 0 Å². The topological polar surface area (TPSA) is 52.6 Å². The molecule has 1 amide bonds. The number of aliphatic hydroxyl groups is 1. The predicted molar refractivity (Wildman–Crippen MR) is 66.6 cm³/mol. The number of carbonyl (C=O) groups is 1. The standard InChI is InChI=1S/C13H24N2O2/c16-10-6-11-4-8-15(9-5-11)13(17)12-3-1-2-7-14-12/h11-12,14,16H,1-10H2/t12-/m0/s1. The first-order chi connectivity index (χ1) is 8.31. The zero-order chi connectivity index (χ0) is 12.1. The molecule has 2 fully saturated rings. The summed E-state index contributed by atoms with van der Waals surface area (Å²) in [7, 11) is 0. The maximum Gasteiger partial charge on any atom is 0.239 e. The Kier molecular flexibility index (Phi) is 4.80. The van der Waals surface area contributed by atoms with Crippen molar-refractivity contribution in [3.05, 3.63) is 0 Å². The molecule has 17 heavy (non-hydrogen) atoms. The number of nitrogens with one attached hydrogen (secondary N) is 1. The van der Waals surface area contributed by atoms with Crippen molar-refractivity contribution in [1.29, 1.82) is 0 Å². The Hall–Kier alpha value is -0.610. The monoisotopic (exact) mass is 240 g/mol. The number of nitrogens with zero attached hydrogens (tertiary/aromatic N) is 1. The van der Waals surface area contributed by atoms with Crippen LogP contribution in [-0.2, 0) is 4.79 Å². The number of hydrogen-bond donors (Lipinski definition) is 2. The number of aliphatic hydroxyl groups excluding tert-OH is 1. The average molecular weight is 240 g/mol. The normalized spacial score (nSPS) is 27.1. The molecule has 2 aliphatic heterocycles. The van der Waals surface area contributed by atoms with E-state index >= 15 is 0 Å². The predicted octanol–water partition coefficient (Wildman–Crippen LogP) is 0.749. The molecule has 0 spiro atoms. The Bertz CT molecular complexity index is 244. The fourth-order valence-electron chi connectivity index (χ4n) is 2.91. The van der Waals surface area contributed by atoms with Gasteiger partial charge in [-0.05, 0) is 44.6 Å². The fourth-order valence-corrected chi connectivity index (χ4v) is 2.91. The van der Waals surface area contributed by atoms with Crippen molar-refractivity contribution in [3.63, 3.8) is 0 Å². The quantitative estimate of drug-likeness (QED) is 0.765. The Labute approximate surface area is 103 Å². The van der Waals surface area contributed by atoms with Gasteiger partial charge in [0.05, 0.1) is 6.04 Å². The number of hydrogen-bond acceptors (Lipinski definition) is 3. The van der Waals surface area contributed by atoms with Gasteiger partial charge < -0.3 is 15.3 Å². The van der Waals surface area contributed by atoms with Crippen LogP contribution in [0.2, 0.25) is 0 Å². The molecule has 0 aromatic heterocycles.